The van der Waals surface area contributed by atoms with Crippen molar-refractivity contribution < 1.29 is 18.0 Å². The summed E-state index contributed by atoms with van der Waals surface area (Å²) in [7, 11) is 0. The highest BCUT2D eigenvalue weighted by molar-refractivity contribution is 5.94. The molecule has 1 heterocycles. The maximum Gasteiger partial charge on any atom is 0.394 e. The Labute approximate surface area is 149 Å². The second kappa shape index (κ2) is 7.05. The quantitative estimate of drug-likeness (QED) is 0.843. The molecule has 0 spiro atoms. The van der Waals surface area contributed by atoms with Crippen molar-refractivity contribution >= 4 is 5.91 Å². The summed E-state index contributed by atoms with van der Waals surface area (Å²) in [4.78, 5) is 20.4. The van der Waals surface area contributed by atoms with E-state index < -0.39 is 17.5 Å². The predicted octanol–water partition coefficient (Wildman–Crippen LogP) is 4.03. The molecule has 1 aliphatic rings. The van der Waals surface area contributed by atoms with E-state index in [2.05, 4.69) is 15.3 Å². The van der Waals surface area contributed by atoms with Gasteiger partial charge in [-0.05, 0) is 43.9 Å². The second-order valence-electron chi connectivity index (χ2n) is 6.82. The van der Waals surface area contributed by atoms with Crippen molar-refractivity contribution in [2.24, 2.45) is 5.41 Å². The Morgan fingerprint density at radius 2 is 1.81 bits per heavy atom. The number of aryl methyl sites for hydroxylation is 1. The normalized spacial score (nSPS) is 16.8. The molecule has 3 rings (SSSR count). The molecule has 1 atom stereocenters. The molecule has 4 nitrogen and oxygen atoms in total. The highest BCUT2D eigenvalue weighted by Crippen LogP contribution is 2.62. The van der Waals surface area contributed by atoms with E-state index in [1.165, 1.54) is 0 Å². The van der Waals surface area contributed by atoms with Crippen LogP contribution in [0.1, 0.15) is 46.9 Å². The third kappa shape index (κ3) is 4.03. The van der Waals surface area contributed by atoms with E-state index in [-0.39, 0.29) is 31.7 Å². The first-order chi connectivity index (χ1) is 12.3. The first-order valence-electron chi connectivity index (χ1n) is 8.49. The minimum atomic E-state index is -4.24. The standard InChI is InChI=1S/C19H20F3N3O/c1-13-23-11-16(12-24-13)15(9-18(7-8-18)19(20,21)22)10-25-17(26)14-5-3-2-4-6-14/h2-6,11-12,15H,7-10H2,1H3,(H,25,26). The van der Waals surface area contributed by atoms with Gasteiger partial charge in [-0.3, -0.25) is 4.79 Å². The first-order valence-corrected chi connectivity index (χ1v) is 8.49. The van der Waals surface area contributed by atoms with Gasteiger partial charge in [-0.15, -0.1) is 0 Å². The maximum atomic E-state index is 13.4. The summed E-state index contributed by atoms with van der Waals surface area (Å²) in [5.41, 5.74) is -0.567. The Kier molecular flexibility index (Phi) is 4.98. The number of alkyl halides is 3. The lowest BCUT2D eigenvalue weighted by atomic mass is 9.87. The van der Waals surface area contributed by atoms with Crippen molar-refractivity contribution in [3.63, 3.8) is 0 Å². The number of hydrogen-bond acceptors (Lipinski definition) is 3. The summed E-state index contributed by atoms with van der Waals surface area (Å²) in [6, 6.07) is 8.60. The second-order valence-corrected chi connectivity index (χ2v) is 6.82. The highest BCUT2D eigenvalue weighted by atomic mass is 19.4. The average molecular weight is 363 g/mol. The van der Waals surface area contributed by atoms with Gasteiger partial charge >= 0.3 is 6.18 Å². The molecule has 138 valence electrons. The van der Waals surface area contributed by atoms with Gasteiger partial charge in [0.15, 0.2) is 0 Å². The van der Waals surface area contributed by atoms with Gasteiger partial charge in [0.2, 0.25) is 0 Å². The van der Waals surface area contributed by atoms with Crippen LogP contribution in [0.2, 0.25) is 0 Å². The maximum absolute atomic E-state index is 13.4. The molecule has 0 bridgehead atoms. The molecule has 1 aromatic carbocycles. The molecule has 1 aromatic heterocycles. The number of halogens is 3. The van der Waals surface area contributed by atoms with Crippen molar-refractivity contribution in [1.29, 1.82) is 0 Å². The van der Waals surface area contributed by atoms with Gasteiger partial charge in [0.05, 0.1) is 5.41 Å². The van der Waals surface area contributed by atoms with E-state index in [4.69, 9.17) is 0 Å². The van der Waals surface area contributed by atoms with Gasteiger partial charge in [0, 0.05) is 30.4 Å². The van der Waals surface area contributed by atoms with Crippen LogP contribution in [0.15, 0.2) is 42.7 Å². The summed E-state index contributed by atoms with van der Waals surface area (Å²) in [5, 5.41) is 2.75. The Morgan fingerprint density at radius 3 is 2.35 bits per heavy atom. The molecule has 1 amide bonds. The van der Waals surface area contributed by atoms with Crippen LogP contribution in [0.5, 0.6) is 0 Å². The Balaban J connectivity index is 1.75. The van der Waals surface area contributed by atoms with Gasteiger partial charge in [-0.2, -0.15) is 13.2 Å². The number of amides is 1. The number of nitrogens with zero attached hydrogens (tertiary/aromatic N) is 2. The lowest BCUT2D eigenvalue weighted by molar-refractivity contribution is -0.190. The number of hydrogen-bond donors (Lipinski definition) is 1. The van der Waals surface area contributed by atoms with Crippen molar-refractivity contribution in [3.8, 4) is 0 Å². The third-order valence-corrected chi connectivity index (χ3v) is 4.91. The van der Waals surface area contributed by atoms with Gasteiger partial charge in [0.1, 0.15) is 5.82 Å². The topological polar surface area (TPSA) is 54.9 Å². The molecule has 1 N–H and O–H groups in total. The SMILES string of the molecule is Cc1ncc(C(CNC(=O)c2ccccc2)CC2(C(F)(F)F)CC2)cn1. The number of rotatable bonds is 6. The van der Waals surface area contributed by atoms with E-state index in [9.17, 15) is 18.0 Å². The predicted molar refractivity (Wildman–Crippen MR) is 90.6 cm³/mol. The van der Waals surface area contributed by atoms with Crippen molar-refractivity contribution in [2.45, 2.75) is 38.3 Å². The molecule has 1 unspecified atom stereocenters. The monoisotopic (exact) mass is 363 g/mol. The van der Waals surface area contributed by atoms with E-state index in [1.54, 1.807) is 49.6 Å². The van der Waals surface area contributed by atoms with Gasteiger partial charge in [-0.25, -0.2) is 9.97 Å². The summed E-state index contributed by atoms with van der Waals surface area (Å²) in [5.74, 6) is -0.245. The molecule has 2 aromatic rings. The fourth-order valence-corrected chi connectivity index (χ4v) is 3.05. The summed E-state index contributed by atoms with van der Waals surface area (Å²) in [6.45, 7) is 1.83. The molecule has 7 heteroatoms. The van der Waals surface area contributed by atoms with E-state index in [1.807, 2.05) is 0 Å². The minimum Gasteiger partial charge on any atom is -0.351 e. The van der Waals surface area contributed by atoms with Gasteiger partial charge in [0.25, 0.3) is 5.91 Å². The molecule has 0 radical (unpaired) electrons. The highest BCUT2D eigenvalue weighted by Gasteiger charge is 2.63. The Morgan fingerprint density at radius 1 is 1.19 bits per heavy atom. The Bertz CT molecular complexity index is 756. The minimum absolute atomic E-state index is 0.0714. The number of aromatic nitrogens is 2. The van der Waals surface area contributed by atoms with Gasteiger partial charge in [-0.1, -0.05) is 18.2 Å². The van der Waals surface area contributed by atoms with Crippen LogP contribution in [-0.4, -0.2) is 28.6 Å². The molecular formula is C19H20F3N3O. The average Bonchev–Trinajstić information content (AvgIpc) is 3.41. The molecule has 1 fully saturated rings. The molecule has 1 aliphatic carbocycles. The zero-order valence-corrected chi connectivity index (χ0v) is 14.4. The van der Waals surface area contributed by atoms with Crippen LogP contribution in [0.25, 0.3) is 0 Å². The third-order valence-electron chi connectivity index (χ3n) is 4.91. The van der Waals surface area contributed by atoms with Crippen molar-refractivity contribution in [1.82, 2.24) is 15.3 Å². The van der Waals surface area contributed by atoms with Gasteiger partial charge < -0.3 is 5.32 Å². The summed E-state index contributed by atoms with van der Waals surface area (Å²) < 4.78 is 40.1. The lowest BCUT2D eigenvalue weighted by Crippen LogP contribution is -2.33. The van der Waals surface area contributed by atoms with Crippen LogP contribution < -0.4 is 5.32 Å². The molecular weight excluding hydrogens is 343 g/mol. The smallest absolute Gasteiger partial charge is 0.351 e. The number of carbonyl (C=O) groups excluding carboxylic acids is 1. The van der Waals surface area contributed by atoms with Crippen LogP contribution in [-0.2, 0) is 0 Å². The van der Waals surface area contributed by atoms with Crippen LogP contribution in [0.3, 0.4) is 0 Å². The van der Waals surface area contributed by atoms with Crippen molar-refractivity contribution in [3.05, 3.63) is 59.7 Å². The van der Waals surface area contributed by atoms with Crippen LogP contribution >= 0.6 is 0 Å². The van der Waals surface area contributed by atoms with Crippen molar-refractivity contribution in [2.75, 3.05) is 6.54 Å². The van der Waals surface area contributed by atoms with E-state index in [0.717, 1.165) is 0 Å². The number of benzene rings is 1. The Hall–Kier alpha value is -2.44. The summed E-state index contributed by atoms with van der Waals surface area (Å²) >= 11 is 0. The molecule has 0 saturated heterocycles. The largest absolute Gasteiger partial charge is 0.394 e. The summed E-state index contributed by atoms with van der Waals surface area (Å²) in [6.07, 6.45) is -0.945. The van der Waals surface area contributed by atoms with Crippen LogP contribution in [0, 0.1) is 12.3 Å². The van der Waals surface area contributed by atoms with E-state index in [0.29, 0.717) is 17.0 Å². The first kappa shape index (κ1) is 18.4. The van der Waals surface area contributed by atoms with E-state index >= 15 is 0 Å². The number of nitrogens with one attached hydrogen (secondary N) is 1. The zero-order valence-electron chi connectivity index (χ0n) is 14.4. The molecule has 1 saturated carbocycles. The fraction of sp³-hybridized carbons (Fsp3) is 0.421. The fourth-order valence-electron chi connectivity index (χ4n) is 3.05. The van der Waals surface area contributed by atoms with Crippen LogP contribution in [0.4, 0.5) is 13.2 Å². The number of carbonyl (C=O) groups is 1. The lowest BCUT2D eigenvalue weighted by Gasteiger charge is -2.25. The molecule has 26 heavy (non-hydrogen) atoms. The zero-order chi connectivity index (χ0) is 18.8. The molecule has 0 aliphatic heterocycles.